The molecule has 1 saturated heterocycles. The highest BCUT2D eigenvalue weighted by Crippen LogP contribution is 2.36. The van der Waals surface area contributed by atoms with Gasteiger partial charge in [0.2, 0.25) is 6.79 Å². The molecule has 5 rings (SSSR count). The number of nitrogens with one attached hydrogen (secondary N) is 1. The van der Waals surface area contributed by atoms with Crippen LogP contribution < -0.4 is 29.2 Å². The standard InChI is InChI=1S/C28H31N3O5/c1-33-23-10-8-22(9-11-23)30-13-15-31(16-14-30)25(21-7-12-26-27(17-21)36-20-35-26)18-29-28(32)19-34-24-5-3-2-4-6-24/h2-12,17,25H,13-16,18-20H2,1H3,(H,29,32). The van der Waals surface area contributed by atoms with Crippen LogP contribution in [0.25, 0.3) is 0 Å². The molecule has 2 aliphatic rings. The van der Waals surface area contributed by atoms with E-state index in [2.05, 4.69) is 33.3 Å². The van der Waals surface area contributed by atoms with Gasteiger partial charge in [0, 0.05) is 38.4 Å². The topological polar surface area (TPSA) is 72.5 Å². The third-order valence-corrected chi connectivity index (χ3v) is 6.58. The van der Waals surface area contributed by atoms with Gasteiger partial charge in [0.15, 0.2) is 18.1 Å². The molecule has 8 heteroatoms. The predicted molar refractivity (Wildman–Crippen MR) is 137 cm³/mol. The molecule has 3 aromatic carbocycles. The fraction of sp³-hybridized carbons (Fsp3) is 0.321. The maximum Gasteiger partial charge on any atom is 0.258 e. The van der Waals surface area contributed by atoms with Crippen molar-refractivity contribution in [1.82, 2.24) is 10.2 Å². The van der Waals surface area contributed by atoms with E-state index >= 15 is 0 Å². The minimum atomic E-state index is -0.151. The molecule has 0 saturated carbocycles. The molecule has 3 aromatic rings. The summed E-state index contributed by atoms with van der Waals surface area (Å²) in [4.78, 5) is 17.4. The van der Waals surface area contributed by atoms with E-state index in [9.17, 15) is 4.79 Å². The van der Waals surface area contributed by atoms with Gasteiger partial charge in [0.25, 0.3) is 5.91 Å². The first-order valence-electron chi connectivity index (χ1n) is 12.2. The Morgan fingerprint density at radius 1 is 0.917 bits per heavy atom. The fourth-order valence-electron chi connectivity index (χ4n) is 4.59. The van der Waals surface area contributed by atoms with E-state index < -0.39 is 0 Å². The Hall–Kier alpha value is -3.91. The van der Waals surface area contributed by atoms with Crippen molar-refractivity contribution in [3.8, 4) is 23.0 Å². The molecule has 2 heterocycles. The summed E-state index contributed by atoms with van der Waals surface area (Å²) in [7, 11) is 1.68. The number of anilines is 1. The normalized spacial score (nSPS) is 15.9. The second-order valence-electron chi connectivity index (χ2n) is 8.76. The van der Waals surface area contributed by atoms with Crippen LogP contribution in [0.1, 0.15) is 11.6 Å². The molecule has 0 aliphatic carbocycles. The number of fused-ring (bicyclic) bond motifs is 1. The van der Waals surface area contributed by atoms with Gasteiger partial charge >= 0.3 is 0 Å². The number of para-hydroxylation sites is 1. The number of hydrogen-bond acceptors (Lipinski definition) is 7. The Bertz CT molecular complexity index is 1150. The SMILES string of the molecule is COc1ccc(N2CCN(C(CNC(=O)COc3ccccc3)c3ccc4c(c3)OCO4)CC2)cc1. The highest BCUT2D eigenvalue weighted by atomic mass is 16.7. The Morgan fingerprint density at radius 3 is 2.42 bits per heavy atom. The van der Waals surface area contributed by atoms with Crippen molar-refractivity contribution in [1.29, 1.82) is 0 Å². The lowest BCUT2D eigenvalue weighted by molar-refractivity contribution is -0.123. The molecule has 36 heavy (non-hydrogen) atoms. The molecule has 0 radical (unpaired) electrons. The number of carbonyl (C=O) groups excluding carboxylic acids is 1. The van der Waals surface area contributed by atoms with Crippen LogP contribution in [0.3, 0.4) is 0 Å². The van der Waals surface area contributed by atoms with Crippen molar-refractivity contribution < 1.29 is 23.7 Å². The zero-order valence-electron chi connectivity index (χ0n) is 20.4. The molecular weight excluding hydrogens is 458 g/mol. The van der Waals surface area contributed by atoms with Crippen LogP contribution in [0, 0.1) is 0 Å². The number of hydrogen-bond donors (Lipinski definition) is 1. The number of rotatable bonds is 9. The molecule has 2 aliphatic heterocycles. The van der Waals surface area contributed by atoms with E-state index in [1.807, 2.05) is 54.6 Å². The molecule has 1 amide bonds. The van der Waals surface area contributed by atoms with Crippen molar-refractivity contribution in [3.63, 3.8) is 0 Å². The van der Waals surface area contributed by atoms with Crippen LogP contribution in [0.4, 0.5) is 5.69 Å². The first-order valence-corrected chi connectivity index (χ1v) is 12.2. The van der Waals surface area contributed by atoms with Gasteiger partial charge in [-0.1, -0.05) is 24.3 Å². The van der Waals surface area contributed by atoms with Gasteiger partial charge in [-0.25, -0.2) is 0 Å². The van der Waals surface area contributed by atoms with E-state index in [-0.39, 0.29) is 25.3 Å². The van der Waals surface area contributed by atoms with Crippen molar-refractivity contribution >= 4 is 11.6 Å². The van der Waals surface area contributed by atoms with Crippen molar-refractivity contribution in [2.24, 2.45) is 0 Å². The largest absolute Gasteiger partial charge is 0.497 e. The molecule has 1 fully saturated rings. The minimum absolute atomic E-state index is 0.00167. The van der Waals surface area contributed by atoms with Gasteiger partial charge in [-0.2, -0.15) is 0 Å². The van der Waals surface area contributed by atoms with Crippen LogP contribution in [0.5, 0.6) is 23.0 Å². The summed E-state index contributed by atoms with van der Waals surface area (Å²) in [5, 5.41) is 3.07. The summed E-state index contributed by atoms with van der Waals surface area (Å²) < 4.78 is 22.0. The Labute approximate surface area is 211 Å². The number of amides is 1. The molecule has 1 atom stereocenters. The molecule has 1 unspecified atom stereocenters. The summed E-state index contributed by atoms with van der Waals surface area (Å²) in [6.07, 6.45) is 0. The van der Waals surface area contributed by atoms with Crippen LogP contribution in [0.2, 0.25) is 0 Å². The molecule has 188 valence electrons. The number of methoxy groups -OCH3 is 1. The first kappa shape index (κ1) is 23.8. The lowest BCUT2D eigenvalue weighted by atomic mass is 10.0. The Balaban J connectivity index is 1.24. The average molecular weight is 490 g/mol. The highest BCUT2D eigenvalue weighted by molar-refractivity contribution is 5.77. The van der Waals surface area contributed by atoms with E-state index in [0.29, 0.717) is 12.3 Å². The number of ether oxygens (including phenoxy) is 4. The monoisotopic (exact) mass is 489 g/mol. The van der Waals surface area contributed by atoms with Crippen molar-refractivity contribution in [3.05, 3.63) is 78.4 Å². The molecule has 8 nitrogen and oxygen atoms in total. The average Bonchev–Trinajstić information content (AvgIpc) is 3.41. The molecular formula is C28H31N3O5. The van der Waals surface area contributed by atoms with E-state index in [1.54, 1.807) is 7.11 Å². The van der Waals surface area contributed by atoms with Crippen LogP contribution in [0.15, 0.2) is 72.8 Å². The molecule has 0 bridgehead atoms. The summed E-state index contributed by atoms with van der Waals surface area (Å²) in [6, 6.07) is 23.5. The summed E-state index contributed by atoms with van der Waals surface area (Å²) >= 11 is 0. The second-order valence-corrected chi connectivity index (χ2v) is 8.76. The van der Waals surface area contributed by atoms with E-state index in [4.69, 9.17) is 18.9 Å². The van der Waals surface area contributed by atoms with Crippen molar-refractivity contribution in [2.45, 2.75) is 6.04 Å². The quantitative estimate of drug-likeness (QED) is 0.493. The van der Waals surface area contributed by atoms with Gasteiger partial charge in [0.05, 0.1) is 13.2 Å². The predicted octanol–water partition coefficient (Wildman–Crippen LogP) is 3.48. The molecule has 0 spiro atoms. The maximum atomic E-state index is 12.6. The van der Waals surface area contributed by atoms with Gasteiger partial charge in [0.1, 0.15) is 11.5 Å². The van der Waals surface area contributed by atoms with Gasteiger partial charge in [-0.15, -0.1) is 0 Å². The lowest BCUT2D eigenvalue weighted by Gasteiger charge is -2.40. The van der Waals surface area contributed by atoms with Gasteiger partial charge in [-0.3, -0.25) is 9.69 Å². The lowest BCUT2D eigenvalue weighted by Crippen LogP contribution is -2.50. The zero-order valence-corrected chi connectivity index (χ0v) is 20.4. The second kappa shape index (κ2) is 11.2. The van der Waals surface area contributed by atoms with Gasteiger partial charge < -0.3 is 29.2 Å². The van der Waals surface area contributed by atoms with Crippen LogP contribution in [-0.4, -0.2) is 64.0 Å². The third kappa shape index (κ3) is 5.66. The minimum Gasteiger partial charge on any atom is -0.497 e. The number of nitrogens with zero attached hydrogens (tertiary/aromatic N) is 2. The van der Waals surface area contributed by atoms with E-state index in [1.165, 1.54) is 5.69 Å². The van der Waals surface area contributed by atoms with Crippen molar-refractivity contribution in [2.75, 3.05) is 58.1 Å². The summed E-state index contributed by atoms with van der Waals surface area (Å²) in [5.74, 6) is 2.87. The van der Waals surface area contributed by atoms with E-state index in [0.717, 1.165) is 49.0 Å². The number of piperazine rings is 1. The number of carbonyl (C=O) groups is 1. The Morgan fingerprint density at radius 2 is 1.67 bits per heavy atom. The van der Waals surface area contributed by atoms with Crippen LogP contribution in [-0.2, 0) is 4.79 Å². The zero-order chi connectivity index (χ0) is 24.7. The van der Waals surface area contributed by atoms with Crippen LogP contribution >= 0.6 is 0 Å². The maximum absolute atomic E-state index is 12.6. The molecule has 1 N–H and O–H groups in total. The fourth-order valence-corrected chi connectivity index (χ4v) is 4.59. The summed E-state index contributed by atoms with van der Waals surface area (Å²) in [5.41, 5.74) is 2.27. The third-order valence-electron chi connectivity index (χ3n) is 6.58. The highest BCUT2D eigenvalue weighted by Gasteiger charge is 2.27. The number of benzene rings is 3. The summed E-state index contributed by atoms with van der Waals surface area (Å²) in [6.45, 7) is 4.18. The first-order chi connectivity index (χ1) is 17.7. The Kier molecular flexibility index (Phi) is 7.42. The van der Waals surface area contributed by atoms with Gasteiger partial charge in [-0.05, 0) is 54.1 Å². The smallest absolute Gasteiger partial charge is 0.258 e. The molecule has 0 aromatic heterocycles.